The number of aromatic nitrogens is 3. The Labute approximate surface area is 172 Å². The predicted octanol–water partition coefficient (Wildman–Crippen LogP) is 3.41. The van der Waals surface area contributed by atoms with Crippen LogP contribution in [0.4, 0.5) is 0 Å². The van der Waals surface area contributed by atoms with E-state index in [9.17, 15) is 4.79 Å². The number of thiazole rings is 1. The van der Waals surface area contributed by atoms with Crippen molar-refractivity contribution in [3.63, 3.8) is 0 Å². The second-order valence-corrected chi connectivity index (χ2v) is 8.04. The average Bonchev–Trinajstić information content (AvgIpc) is 3.27. The van der Waals surface area contributed by atoms with Gasteiger partial charge in [-0.3, -0.25) is 4.79 Å². The molecule has 0 aliphatic carbocycles. The molecule has 2 heterocycles. The molecule has 148 valence electrons. The summed E-state index contributed by atoms with van der Waals surface area (Å²) in [5.74, 6) is 2.30. The lowest BCUT2D eigenvalue weighted by atomic mass is 10.2. The van der Waals surface area contributed by atoms with Crippen molar-refractivity contribution in [2.75, 3.05) is 13.7 Å². The van der Waals surface area contributed by atoms with Crippen molar-refractivity contribution in [1.82, 2.24) is 14.6 Å². The van der Waals surface area contributed by atoms with E-state index in [1.165, 1.54) is 15.9 Å². The van der Waals surface area contributed by atoms with Crippen molar-refractivity contribution in [2.45, 2.75) is 13.8 Å². The first-order valence-electron chi connectivity index (χ1n) is 9.32. The molecule has 2 aromatic heterocycles. The standard InChI is InChI=1S/C22H21N3O3S/c1-14(2)13-28-17-10-9-15(11-18(17)27-3)12-19-21(26)25-22(29-19)23-20(24-25)16-7-5-4-6-8-16/h4-12,14H,13H2,1-3H3/b19-12+. The van der Waals surface area contributed by atoms with Crippen LogP contribution in [0.3, 0.4) is 0 Å². The minimum atomic E-state index is -0.182. The number of methoxy groups -OCH3 is 1. The minimum Gasteiger partial charge on any atom is -0.493 e. The number of fused-ring (bicyclic) bond motifs is 1. The maximum atomic E-state index is 12.8. The Morgan fingerprint density at radius 3 is 2.62 bits per heavy atom. The molecule has 29 heavy (non-hydrogen) atoms. The van der Waals surface area contributed by atoms with Gasteiger partial charge in [-0.1, -0.05) is 61.6 Å². The first-order chi connectivity index (χ1) is 14.0. The van der Waals surface area contributed by atoms with E-state index in [0.29, 0.717) is 39.3 Å². The van der Waals surface area contributed by atoms with Crippen LogP contribution in [0.2, 0.25) is 0 Å². The van der Waals surface area contributed by atoms with Crippen LogP contribution in [0.25, 0.3) is 22.4 Å². The van der Waals surface area contributed by atoms with Gasteiger partial charge < -0.3 is 9.47 Å². The normalized spacial score (nSPS) is 12.1. The van der Waals surface area contributed by atoms with Crippen LogP contribution in [-0.2, 0) is 0 Å². The minimum absolute atomic E-state index is 0.182. The Balaban J connectivity index is 1.68. The fraction of sp³-hybridized carbons (Fsp3) is 0.227. The lowest BCUT2D eigenvalue weighted by molar-refractivity contribution is 0.257. The molecule has 0 spiro atoms. The molecule has 0 saturated heterocycles. The summed E-state index contributed by atoms with van der Waals surface area (Å²) in [5, 5.41) is 4.37. The van der Waals surface area contributed by atoms with E-state index >= 15 is 0 Å². The van der Waals surface area contributed by atoms with Crippen LogP contribution in [0, 0.1) is 5.92 Å². The third-order valence-corrected chi connectivity index (χ3v) is 5.23. The summed E-state index contributed by atoms with van der Waals surface area (Å²) in [7, 11) is 1.61. The van der Waals surface area contributed by atoms with Gasteiger partial charge in [0.15, 0.2) is 17.3 Å². The predicted molar refractivity (Wildman–Crippen MR) is 115 cm³/mol. The summed E-state index contributed by atoms with van der Waals surface area (Å²) in [6, 6.07) is 15.2. The SMILES string of the molecule is COc1cc(/C=c2/sc3nc(-c4ccccc4)nn3c2=O)ccc1OCC(C)C. The van der Waals surface area contributed by atoms with Gasteiger partial charge >= 0.3 is 0 Å². The van der Waals surface area contributed by atoms with Gasteiger partial charge in [0.1, 0.15) is 0 Å². The molecule has 4 rings (SSSR count). The fourth-order valence-corrected chi connectivity index (χ4v) is 3.75. The highest BCUT2D eigenvalue weighted by Gasteiger charge is 2.12. The highest BCUT2D eigenvalue weighted by atomic mass is 32.1. The topological polar surface area (TPSA) is 65.7 Å². The molecule has 0 atom stereocenters. The Hall–Kier alpha value is -3.19. The molecule has 0 radical (unpaired) electrons. The second-order valence-electron chi connectivity index (χ2n) is 7.03. The number of benzene rings is 2. The number of ether oxygens (including phenoxy) is 2. The lowest BCUT2D eigenvalue weighted by Crippen LogP contribution is -2.23. The summed E-state index contributed by atoms with van der Waals surface area (Å²) in [5.41, 5.74) is 1.55. The first-order valence-corrected chi connectivity index (χ1v) is 10.1. The van der Waals surface area contributed by atoms with Crippen LogP contribution in [0.15, 0.2) is 53.3 Å². The van der Waals surface area contributed by atoms with Crippen molar-refractivity contribution in [3.8, 4) is 22.9 Å². The number of hydrogen-bond acceptors (Lipinski definition) is 6. The van der Waals surface area contributed by atoms with Crippen molar-refractivity contribution >= 4 is 22.4 Å². The summed E-state index contributed by atoms with van der Waals surface area (Å²) in [6.45, 7) is 4.80. The van der Waals surface area contributed by atoms with Crippen LogP contribution < -0.4 is 19.6 Å². The summed E-state index contributed by atoms with van der Waals surface area (Å²) in [6.07, 6.45) is 1.82. The number of rotatable bonds is 6. The van der Waals surface area contributed by atoms with E-state index in [4.69, 9.17) is 9.47 Å². The fourth-order valence-electron chi connectivity index (χ4n) is 2.84. The van der Waals surface area contributed by atoms with Crippen LogP contribution in [0.5, 0.6) is 11.5 Å². The van der Waals surface area contributed by atoms with E-state index < -0.39 is 0 Å². The Morgan fingerprint density at radius 1 is 1.14 bits per heavy atom. The highest BCUT2D eigenvalue weighted by Crippen LogP contribution is 2.28. The molecule has 4 aromatic rings. The van der Waals surface area contributed by atoms with E-state index in [0.717, 1.165) is 11.1 Å². The molecular formula is C22H21N3O3S. The van der Waals surface area contributed by atoms with E-state index in [-0.39, 0.29) is 5.56 Å². The molecule has 0 fully saturated rings. The van der Waals surface area contributed by atoms with Crippen LogP contribution in [-0.4, -0.2) is 28.3 Å². The number of nitrogens with zero attached hydrogens (tertiary/aromatic N) is 3. The van der Waals surface area contributed by atoms with Crippen LogP contribution in [0.1, 0.15) is 19.4 Å². The average molecular weight is 407 g/mol. The molecular weight excluding hydrogens is 386 g/mol. The number of hydrogen-bond donors (Lipinski definition) is 0. The van der Waals surface area contributed by atoms with Crippen molar-refractivity contribution in [3.05, 3.63) is 69.0 Å². The Morgan fingerprint density at radius 2 is 1.93 bits per heavy atom. The van der Waals surface area contributed by atoms with Gasteiger partial charge in [-0.2, -0.15) is 9.50 Å². The molecule has 0 aliphatic rings. The molecule has 0 bridgehead atoms. The van der Waals surface area contributed by atoms with Gasteiger partial charge in [-0.15, -0.1) is 5.10 Å². The van der Waals surface area contributed by atoms with E-state index in [1.807, 2.05) is 54.6 Å². The summed E-state index contributed by atoms with van der Waals surface area (Å²) < 4.78 is 13.2. The van der Waals surface area contributed by atoms with Gasteiger partial charge in [0.05, 0.1) is 18.2 Å². The third kappa shape index (κ3) is 4.00. The van der Waals surface area contributed by atoms with Crippen molar-refractivity contribution in [2.24, 2.45) is 5.92 Å². The largest absolute Gasteiger partial charge is 0.493 e. The highest BCUT2D eigenvalue weighted by molar-refractivity contribution is 7.15. The van der Waals surface area contributed by atoms with Gasteiger partial charge in [0.2, 0.25) is 4.96 Å². The van der Waals surface area contributed by atoms with E-state index in [2.05, 4.69) is 23.9 Å². The maximum absolute atomic E-state index is 12.8. The molecule has 7 heteroatoms. The second kappa shape index (κ2) is 8.05. The zero-order chi connectivity index (χ0) is 20.4. The van der Waals surface area contributed by atoms with Gasteiger partial charge in [0, 0.05) is 5.56 Å². The van der Waals surface area contributed by atoms with Gasteiger partial charge in [0.25, 0.3) is 5.56 Å². The molecule has 6 nitrogen and oxygen atoms in total. The lowest BCUT2D eigenvalue weighted by Gasteiger charge is -2.12. The molecule has 2 aromatic carbocycles. The zero-order valence-corrected chi connectivity index (χ0v) is 17.3. The van der Waals surface area contributed by atoms with Crippen molar-refractivity contribution in [1.29, 1.82) is 0 Å². The zero-order valence-electron chi connectivity index (χ0n) is 16.5. The molecule has 0 amide bonds. The Kier molecular flexibility index (Phi) is 5.31. The van der Waals surface area contributed by atoms with E-state index in [1.54, 1.807) is 7.11 Å². The summed E-state index contributed by atoms with van der Waals surface area (Å²) >= 11 is 1.32. The third-order valence-electron chi connectivity index (χ3n) is 4.27. The molecule has 0 N–H and O–H groups in total. The first kappa shape index (κ1) is 19.1. The molecule has 0 aliphatic heterocycles. The van der Waals surface area contributed by atoms with Crippen molar-refractivity contribution < 1.29 is 9.47 Å². The smallest absolute Gasteiger partial charge is 0.291 e. The van der Waals surface area contributed by atoms with Gasteiger partial charge in [-0.25, -0.2) is 0 Å². The molecule has 0 unspecified atom stereocenters. The summed E-state index contributed by atoms with van der Waals surface area (Å²) in [4.78, 5) is 17.8. The molecule has 0 saturated carbocycles. The Bertz CT molecular complexity index is 1250. The monoisotopic (exact) mass is 407 g/mol. The maximum Gasteiger partial charge on any atom is 0.291 e. The van der Waals surface area contributed by atoms with Crippen LogP contribution >= 0.6 is 11.3 Å². The quantitative estimate of drug-likeness (QED) is 0.490. The van der Waals surface area contributed by atoms with Gasteiger partial charge in [-0.05, 0) is 29.7 Å².